The summed E-state index contributed by atoms with van der Waals surface area (Å²) in [5.41, 5.74) is 1.04. The molecule has 2 rings (SSSR count). The average Bonchev–Trinajstić information content (AvgIpc) is 2.80. The van der Waals surface area contributed by atoms with Gasteiger partial charge in [-0.2, -0.15) is 5.10 Å². The number of H-pyrrole nitrogens is 1. The van der Waals surface area contributed by atoms with Gasteiger partial charge in [-0.25, -0.2) is 9.37 Å². The van der Waals surface area contributed by atoms with E-state index < -0.39 is 0 Å². The van der Waals surface area contributed by atoms with E-state index in [1.54, 1.807) is 12.1 Å². The van der Waals surface area contributed by atoms with Crippen molar-refractivity contribution in [3.8, 4) is 0 Å². The molecule has 2 aromatic rings. The van der Waals surface area contributed by atoms with Crippen LogP contribution in [0.3, 0.4) is 0 Å². The lowest BCUT2D eigenvalue weighted by Gasteiger charge is -2.12. The molecule has 1 aromatic heterocycles. The topological polar surface area (TPSA) is 53.6 Å². The van der Waals surface area contributed by atoms with Gasteiger partial charge in [0.1, 0.15) is 18.0 Å². The second-order valence-corrected chi connectivity index (χ2v) is 3.59. The van der Waals surface area contributed by atoms with Crippen molar-refractivity contribution >= 4 is 0 Å². The van der Waals surface area contributed by atoms with Gasteiger partial charge in [-0.05, 0) is 24.6 Å². The summed E-state index contributed by atoms with van der Waals surface area (Å²) < 4.78 is 12.7. The van der Waals surface area contributed by atoms with Crippen LogP contribution < -0.4 is 5.32 Å². The molecule has 0 spiro atoms. The summed E-state index contributed by atoms with van der Waals surface area (Å²) >= 11 is 0. The van der Waals surface area contributed by atoms with Crippen LogP contribution in [0.2, 0.25) is 0 Å². The van der Waals surface area contributed by atoms with Crippen LogP contribution in [0, 0.1) is 5.82 Å². The molecule has 4 nitrogen and oxygen atoms in total. The summed E-state index contributed by atoms with van der Waals surface area (Å²) in [7, 11) is 0. The highest BCUT2D eigenvalue weighted by atomic mass is 19.1. The molecule has 0 bridgehead atoms. The zero-order valence-electron chi connectivity index (χ0n) is 8.94. The Labute approximate surface area is 92.9 Å². The molecular weight excluding hydrogens is 207 g/mol. The third-order valence-electron chi connectivity index (χ3n) is 2.41. The highest BCUT2D eigenvalue weighted by Crippen LogP contribution is 2.12. The number of nitrogens with one attached hydrogen (secondary N) is 2. The first-order valence-corrected chi connectivity index (χ1v) is 5.09. The Morgan fingerprint density at radius 1 is 1.38 bits per heavy atom. The third-order valence-corrected chi connectivity index (χ3v) is 2.41. The minimum Gasteiger partial charge on any atom is -0.303 e. The summed E-state index contributed by atoms with van der Waals surface area (Å²) in [5, 5.41) is 9.79. The van der Waals surface area contributed by atoms with E-state index in [9.17, 15) is 4.39 Å². The van der Waals surface area contributed by atoms with Crippen molar-refractivity contribution in [3.05, 3.63) is 47.8 Å². The molecule has 1 unspecified atom stereocenters. The van der Waals surface area contributed by atoms with Gasteiger partial charge < -0.3 is 5.32 Å². The number of aromatic amines is 1. The van der Waals surface area contributed by atoms with Gasteiger partial charge in [0.15, 0.2) is 0 Å². The quantitative estimate of drug-likeness (QED) is 0.826. The van der Waals surface area contributed by atoms with Crippen LogP contribution in [0.5, 0.6) is 0 Å². The monoisotopic (exact) mass is 220 g/mol. The molecular formula is C11H13FN4. The Kier molecular flexibility index (Phi) is 3.26. The van der Waals surface area contributed by atoms with E-state index in [0.29, 0.717) is 6.54 Å². The molecule has 1 aromatic carbocycles. The van der Waals surface area contributed by atoms with Crippen LogP contribution in [-0.4, -0.2) is 15.2 Å². The van der Waals surface area contributed by atoms with Crippen molar-refractivity contribution in [2.75, 3.05) is 0 Å². The lowest BCUT2D eigenvalue weighted by atomic mass is 10.1. The van der Waals surface area contributed by atoms with Crippen LogP contribution in [0.25, 0.3) is 0 Å². The molecule has 0 saturated carbocycles. The summed E-state index contributed by atoms with van der Waals surface area (Å²) in [4.78, 5) is 4.01. The third kappa shape index (κ3) is 2.64. The van der Waals surface area contributed by atoms with Gasteiger partial charge in [-0.1, -0.05) is 12.1 Å². The van der Waals surface area contributed by atoms with Crippen LogP contribution in [0.1, 0.15) is 24.4 Å². The van der Waals surface area contributed by atoms with Crippen molar-refractivity contribution in [1.29, 1.82) is 0 Å². The highest BCUT2D eigenvalue weighted by Gasteiger charge is 2.05. The normalized spacial score (nSPS) is 12.6. The maximum atomic E-state index is 12.7. The zero-order valence-corrected chi connectivity index (χ0v) is 8.94. The molecule has 1 atom stereocenters. The fourth-order valence-corrected chi connectivity index (χ4v) is 1.44. The standard InChI is InChI=1S/C11H13FN4/c1-8(9-2-4-10(12)5-3-9)13-6-11-14-7-15-16-11/h2-5,7-8,13H,6H2,1H3,(H,14,15,16). The fraction of sp³-hybridized carbons (Fsp3) is 0.273. The van der Waals surface area contributed by atoms with E-state index in [-0.39, 0.29) is 11.9 Å². The molecule has 0 aliphatic heterocycles. The predicted molar refractivity (Wildman–Crippen MR) is 58.0 cm³/mol. The van der Waals surface area contributed by atoms with Crippen LogP contribution in [0.15, 0.2) is 30.6 Å². The molecule has 0 saturated heterocycles. The number of nitrogens with zero attached hydrogens (tertiary/aromatic N) is 2. The Morgan fingerprint density at radius 2 is 2.12 bits per heavy atom. The first-order chi connectivity index (χ1) is 7.75. The molecule has 5 heteroatoms. The van der Waals surface area contributed by atoms with E-state index in [0.717, 1.165) is 11.4 Å². The first kappa shape index (κ1) is 10.8. The number of hydrogen-bond acceptors (Lipinski definition) is 3. The van der Waals surface area contributed by atoms with Gasteiger partial charge in [-0.3, -0.25) is 5.10 Å². The average molecular weight is 220 g/mol. The van der Waals surface area contributed by atoms with Gasteiger partial charge >= 0.3 is 0 Å². The summed E-state index contributed by atoms with van der Waals surface area (Å²) in [6.07, 6.45) is 1.47. The van der Waals surface area contributed by atoms with Crippen molar-refractivity contribution < 1.29 is 4.39 Å². The van der Waals surface area contributed by atoms with E-state index in [1.807, 2.05) is 6.92 Å². The van der Waals surface area contributed by atoms with Gasteiger partial charge in [0.05, 0.1) is 6.54 Å². The second-order valence-electron chi connectivity index (χ2n) is 3.59. The Morgan fingerprint density at radius 3 is 2.75 bits per heavy atom. The predicted octanol–water partition coefficient (Wildman–Crippen LogP) is 1.79. The van der Waals surface area contributed by atoms with Crippen molar-refractivity contribution in [2.45, 2.75) is 19.5 Å². The molecule has 16 heavy (non-hydrogen) atoms. The molecule has 2 N–H and O–H groups in total. The molecule has 0 fully saturated rings. The summed E-state index contributed by atoms with van der Waals surface area (Å²) in [5.74, 6) is 0.570. The van der Waals surface area contributed by atoms with Gasteiger partial charge in [-0.15, -0.1) is 0 Å². The van der Waals surface area contributed by atoms with Crippen LogP contribution in [0.4, 0.5) is 4.39 Å². The smallest absolute Gasteiger partial charge is 0.138 e. The maximum Gasteiger partial charge on any atom is 0.138 e. The highest BCUT2D eigenvalue weighted by molar-refractivity contribution is 5.19. The fourth-order valence-electron chi connectivity index (χ4n) is 1.44. The number of aromatic nitrogens is 3. The van der Waals surface area contributed by atoms with Crippen molar-refractivity contribution in [1.82, 2.24) is 20.5 Å². The number of rotatable bonds is 4. The Balaban J connectivity index is 1.93. The van der Waals surface area contributed by atoms with Crippen molar-refractivity contribution in [3.63, 3.8) is 0 Å². The molecule has 1 heterocycles. The summed E-state index contributed by atoms with van der Waals surface area (Å²) in [6, 6.07) is 6.61. The number of halogens is 1. The number of hydrogen-bond donors (Lipinski definition) is 2. The molecule has 0 aliphatic rings. The minimum atomic E-state index is -0.216. The molecule has 0 radical (unpaired) electrons. The first-order valence-electron chi connectivity index (χ1n) is 5.09. The Hall–Kier alpha value is -1.75. The molecule has 0 aliphatic carbocycles. The van der Waals surface area contributed by atoms with Gasteiger partial charge in [0, 0.05) is 6.04 Å². The zero-order chi connectivity index (χ0) is 11.4. The van der Waals surface area contributed by atoms with Crippen LogP contribution >= 0.6 is 0 Å². The molecule has 84 valence electrons. The molecule has 0 amide bonds. The maximum absolute atomic E-state index is 12.7. The lowest BCUT2D eigenvalue weighted by molar-refractivity contribution is 0.557. The minimum absolute atomic E-state index is 0.144. The van der Waals surface area contributed by atoms with E-state index in [2.05, 4.69) is 20.5 Å². The van der Waals surface area contributed by atoms with Gasteiger partial charge in [0.2, 0.25) is 0 Å². The summed E-state index contributed by atoms with van der Waals surface area (Å²) in [6.45, 7) is 2.63. The SMILES string of the molecule is CC(NCc1ncn[nH]1)c1ccc(F)cc1. The van der Waals surface area contributed by atoms with E-state index in [4.69, 9.17) is 0 Å². The largest absolute Gasteiger partial charge is 0.303 e. The van der Waals surface area contributed by atoms with E-state index in [1.165, 1.54) is 18.5 Å². The van der Waals surface area contributed by atoms with Crippen molar-refractivity contribution in [2.24, 2.45) is 0 Å². The van der Waals surface area contributed by atoms with Crippen LogP contribution in [-0.2, 0) is 6.54 Å². The van der Waals surface area contributed by atoms with E-state index >= 15 is 0 Å². The Bertz CT molecular complexity index is 424. The second kappa shape index (κ2) is 4.85. The lowest BCUT2D eigenvalue weighted by Crippen LogP contribution is -2.18. The number of benzene rings is 1. The van der Waals surface area contributed by atoms with Gasteiger partial charge in [0.25, 0.3) is 0 Å².